The van der Waals surface area contributed by atoms with Crippen molar-refractivity contribution in [3.63, 3.8) is 0 Å². The smallest absolute Gasteiger partial charge is 0.253 e. The molecule has 0 saturated carbocycles. The highest BCUT2D eigenvalue weighted by atomic mass is 35.5. The van der Waals surface area contributed by atoms with Gasteiger partial charge in [0.2, 0.25) is 0 Å². The molecule has 0 spiro atoms. The second-order valence-electron chi connectivity index (χ2n) is 4.21. The minimum absolute atomic E-state index is 0.245. The van der Waals surface area contributed by atoms with Crippen molar-refractivity contribution in [2.24, 2.45) is 0 Å². The van der Waals surface area contributed by atoms with E-state index in [1.807, 2.05) is 6.07 Å². The largest absolute Gasteiger partial charge is 0.347 e. The van der Waals surface area contributed by atoms with Crippen LogP contribution in [-0.2, 0) is 6.54 Å². The zero-order chi connectivity index (χ0) is 13.9. The fraction of sp³-hybridized carbons (Fsp3) is 0.0714. The van der Waals surface area contributed by atoms with E-state index in [0.29, 0.717) is 23.0 Å². The molecule has 0 radical (unpaired) electrons. The van der Waals surface area contributed by atoms with Crippen LogP contribution in [0, 0.1) is 0 Å². The molecule has 0 unspecified atom stereocenters. The van der Waals surface area contributed by atoms with Gasteiger partial charge < -0.3 is 10.3 Å². The summed E-state index contributed by atoms with van der Waals surface area (Å²) in [4.78, 5) is 23.5. The average Bonchev–Trinajstić information content (AvgIpc) is 2.98. The molecule has 3 aromatic rings. The molecule has 1 aromatic carbocycles. The molecule has 2 aromatic heterocycles. The second kappa shape index (κ2) is 5.30. The molecule has 100 valence electrons. The van der Waals surface area contributed by atoms with E-state index in [4.69, 9.17) is 11.6 Å². The lowest BCUT2D eigenvalue weighted by atomic mass is 10.1. The summed E-state index contributed by atoms with van der Waals surface area (Å²) in [6.45, 7) is 0.318. The highest BCUT2D eigenvalue weighted by Crippen LogP contribution is 2.24. The van der Waals surface area contributed by atoms with Gasteiger partial charge in [-0.3, -0.25) is 9.78 Å². The van der Waals surface area contributed by atoms with E-state index in [1.54, 1.807) is 36.8 Å². The van der Waals surface area contributed by atoms with E-state index in [-0.39, 0.29) is 5.91 Å². The van der Waals surface area contributed by atoms with Crippen molar-refractivity contribution in [1.82, 2.24) is 20.3 Å². The zero-order valence-electron chi connectivity index (χ0n) is 10.4. The van der Waals surface area contributed by atoms with Crippen molar-refractivity contribution in [1.29, 1.82) is 0 Å². The molecule has 3 rings (SSSR count). The first-order chi connectivity index (χ1) is 9.75. The highest BCUT2D eigenvalue weighted by Gasteiger charge is 2.14. The van der Waals surface area contributed by atoms with E-state index < -0.39 is 0 Å². The number of fused-ring (bicyclic) bond motifs is 1. The third-order valence-corrected chi connectivity index (χ3v) is 3.25. The number of hydrogen-bond donors (Lipinski definition) is 2. The molecule has 5 nitrogen and oxygen atoms in total. The van der Waals surface area contributed by atoms with Gasteiger partial charge in [-0.2, -0.15) is 0 Å². The summed E-state index contributed by atoms with van der Waals surface area (Å²) < 4.78 is 0. The molecule has 0 aliphatic rings. The van der Waals surface area contributed by atoms with Gasteiger partial charge in [-0.1, -0.05) is 17.7 Å². The van der Waals surface area contributed by atoms with E-state index >= 15 is 0 Å². The van der Waals surface area contributed by atoms with Crippen molar-refractivity contribution in [3.05, 3.63) is 59.3 Å². The number of halogens is 1. The van der Waals surface area contributed by atoms with Gasteiger partial charge in [-0.05, 0) is 18.2 Å². The fourth-order valence-electron chi connectivity index (χ4n) is 2.00. The predicted octanol–water partition coefficient (Wildman–Crippen LogP) is 2.54. The van der Waals surface area contributed by atoms with Crippen LogP contribution in [0.25, 0.3) is 10.9 Å². The number of imidazole rings is 1. The number of carbonyl (C=O) groups excluding carboxylic acids is 1. The number of carbonyl (C=O) groups is 1. The molecular formula is C14H11ClN4O. The van der Waals surface area contributed by atoms with Crippen LogP contribution >= 0.6 is 11.6 Å². The van der Waals surface area contributed by atoms with Gasteiger partial charge >= 0.3 is 0 Å². The van der Waals surface area contributed by atoms with Gasteiger partial charge in [0.1, 0.15) is 5.82 Å². The number of aromatic amines is 1. The number of nitrogens with zero attached hydrogens (tertiary/aromatic N) is 2. The third kappa shape index (κ3) is 2.35. The number of aromatic nitrogens is 3. The molecule has 0 bridgehead atoms. The SMILES string of the molecule is O=C(NCc1ncc[nH]1)c1c(Cl)ccc2ncccc12. The zero-order valence-corrected chi connectivity index (χ0v) is 11.2. The Morgan fingerprint density at radius 1 is 1.25 bits per heavy atom. The van der Waals surface area contributed by atoms with Gasteiger partial charge in [0.05, 0.1) is 22.6 Å². The lowest BCUT2D eigenvalue weighted by molar-refractivity contribution is 0.0952. The van der Waals surface area contributed by atoms with Gasteiger partial charge in [0, 0.05) is 24.0 Å². The summed E-state index contributed by atoms with van der Waals surface area (Å²) in [6.07, 6.45) is 5.02. The lowest BCUT2D eigenvalue weighted by Crippen LogP contribution is -2.24. The van der Waals surface area contributed by atoms with Crippen molar-refractivity contribution in [2.75, 3.05) is 0 Å². The van der Waals surface area contributed by atoms with E-state index in [2.05, 4.69) is 20.3 Å². The molecule has 20 heavy (non-hydrogen) atoms. The Balaban J connectivity index is 1.92. The maximum atomic E-state index is 12.3. The van der Waals surface area contributed by atoms with Gasteiger partial charge in [-0.25, -0.2) is 4.98 Å². The molecule has 2 N–H and O–H groups in total. The first-order valence-corrected chi connectivity index (χ1v) is 6.43. The number of amides is 1. The van der Waals surface area contributed by atoms with Crippen LogP contribution < -0.4 is 5.32 Å². The third-order valence-electron chi connectivity index (χ3n) is 2.93. The number of hydrogen-bond acceptors (Lipinski definition) is 3. The Bertz CT molecular complexity index is 755. The topological polar surface area (TPSA) is 70.7 Å². The monoisotopic (exact) mass is 286 g/mol. The minimum atomic E-state index is -0.245. The first-order valence-electron chi connectivity index (χ1n) is 6.05. The van der Waals surface area contributed by atoms with Crippen LogP contribution in [0.2, 0.25) is 5.02 Å². The molecule has 0 aliphatic carbocycles. The summed E-state index contributed by atoms with van der Waals surface area (Å²) in [7, 11) is 0. The molecular weight excluding hydrogens is 276 g/mol. The predicted molar refractivity (Wildman–Crippen MR) is 76.5 cm³/mol. The van der Waals surface area contributed by atoms with Gasteiger partial charge in [0.15, 0.2) is 0 Å². The molecule has 0 aliphatic heterocycles. The Kier molecular flexibility index (Phi) is 3.35. The maximum Gasteiger partial charge on any atom is 0.253 e. The fourth-order valence-corrected chi connectivity index (χ4v) is 2.25. The summed E-state index contributed by atoms with van der Waals surface area (Å²) in [5.74, 6) is 0.442. The summed E-state index contributed by atoms with van der Waals surface area (Å²) in [5, 5.41) is 3.93. The molecule has 0 fully saturated rings. The molecule has 0 saturated heterocycles. The van der Waals surface area contributed by atoms with Crippen molar-refractivity contribution < 1.29 is 4.79 Å². The standard InChI is InChI=1S/C14H11ClN4O/c15-10-3-4-11-9(2-1-5-16-11)13(10)14(20)19-8-12-17-6-7-18-12/h1-7H,8H2,(H,17,18)(H,19,20). The van der Waals surface area contributed by atoms with Gasteiger partial charge in [-0.15, -0.1) is 0 Å². The van der Waals surface area contributed by atoms with E-state index in [9.17, 15) is 4.79 Å². The second-order valence-corrected chi connectivity index (χ2v) is 4.62. The van der Waals surface area contributed by atoms with Gasteiger partial charge in [0.25, 0.3) is 5.91 Å². The molecule has 2 heterocycles. The first kappa shape index (κ1) is 12.6. The van der Waals surface area contributed by atoms with Crippen LogP contribution in [0.5, 0.6) is 0 Å². The molecule has 6 heteroatoms. The highest BCUT2D eigenvalue weighted by molar-refractivity contribution is 6.35. The Morgan fingerprint density at radius 3 is 2.95 bits per heavy atom. The number of benzene rings is 1. The summed E-state index contributed by atoms with van der Waals surface area (Å²) in [6, 6.07) is 7.08. The molecule has 0 atom stereocenters. The maximum absolute atomic E-state index is 12.3. The molecule has 1 amide bonds. The Hall–Kier alpha value is -2.40. The Morgan fingerprint density at radius 2 is 2.15 bits per heavy atom. The summed E-state index contributed by atoms with van der Waals surface area (Å²) in [5.41, 5.74) is 1.17. The number of pyridine rings is 1. The van der Waals surface area contributed by atoms with Crippen molar-refractivity contribution >= 4 is 28.4 Å². The number of rotatable bonds is 3. The van der Waals surface area contributed by atoms with E-state index in [1.165, 1.54) is 0 Å². The van der Waals surface area contributed by atoms with E-state index in [0.717, 1.165) is 10.9 Å². The van der Waals surface area contributed by atoms with Crippen LogP contribution in [0.15, 0.2) is 42.9 Å². The Labute approximate surface area is 120 Å². The summed E-state index contributed by atoms with van der Waals surface area (Å²) >= 11 is 6.15. The average molecular weight is 287 g/mol. The minimum Gasteiger partial charge on any atom is -0.347 e. The van der Waals surface area contributed by atoms with Crippen molar-refractivity contribution in [3.8, 4) is 0 Å². The van der Waals surface area contributed by atoms with Crippen molar-refractivity contribution in [2.45, 2.75) is 6.54 Å². The quantitative estimate of drug-likeness (QED) is 0.777. The van der Waals surface area contributed by atoms with Crippen LogP contribution in [-0.4, -0.2) is 20.9 Å². The van der Waals surface area contributed by atoms with Crippen LogP contribution in [0.4, 0.5) is 0 Å². The normalized spacial score (nSPS) is 10.7. The number of H-pyrrole nitrogens is 1. The van der Waals surface area contributed by atoms with Crippen LogP contribution in [0.3, 0.4) is 0 Å². The lowest BCUT2D eigenvalue weighted by Gasteiger charge is -2.08. The number of nitrogens with one attached hydrogen (secondary N) is 2. The van der Waals surface area contributed by atoms with Crippen LogP contribution in [0.1, 0.15) is 16.2 Å².